The number of phenolic OH excluding ortho intramolecular Hbond substituents is 1. The summed E-state index contributed by atoms with van der Waals surface area (Å²) in [7, 11) is 1.86. The summed E-state index contributed by atoms with van der Waals surface area (Å²) >= 11 is 1.05. The molecule has 334 valence electrons. The minimum absolute atomic E-state index is 0.0560. The second-order valence-electron chi connectivity index (χ2n) is 13.1. The maximum Gasteiger partial charge on any atom is 0.305 e. The fourth-order valence-corrected chi connectivity index (χ4v) is 8.18. The first-order chi connectivity index (χ1) is 28.2. The van der Waals surface area contributed by atoms with E-state index in [1.54, 1.807) is 0 Å². The largest absolute Gasteiger partial charge is 0.508 e. The fraction of sp³-hybridized carbons (Fsp3) is 0.543. The van der Waals surface area contributed by atoms with Gasteiger partial charge in [0.2, 0.25) is 53.2 Å². The van der Waals surface area contributed by atoms with Gasteiger partial charge in [-0.3, -0.25) is 47.9 Å². The van der Waals surface area contributed by atoms with Crippen LogP contribution in [0.4, 0.5) is 0 Å². The Hall–Kier alpha value is -5.27. The van der Waals surface area contributed by atoms with Crippen LogP contribution in [0.2, 0.25) is 0 Å². The number of aliphatic carboxylic acids is 1. The van der Waals surface area contributed by atoms with Crippen molar-refractivity contribution < 1.29 is 58.2 Å². The van der Waals surface area contributed by atoms with Gasteiger partial charge in [-0.05, 0) is 43.5 Å². The van der Waals surface area contributed by atoms with Crippen LogP contribution >= 0.6 is 33.3 Å². The Morgan fingerprint density at radius 3 is 1.58 bits per heavy atom. The molecule has 0 aliphatic carbocycles. The summed E-state index contributed by atoms with van der Waals surface area (Å²) < 4.78 is 0. The third-order valence-electron chi connectivity index (χ3n) is 7.94. The number of rotatable bonds is 29. The summed E-state index contributed by atoms with van der Waals surface area (Å²) in [5, 5.41) is 36.3. The number of unbranched alkanes of at least 4 members (excludes halogenated alkanes) is 1. The van der Waals surface area contributed by atoms with Crippen molar-refractivity contribution in [3.63, 3.8) is 0 Å². The molecule has 6 atom stereocenters. The zero-order valence-corrected chi connectivity index (χ0v) is 35.7. The van der Waals surface area contributed by atoms with E-state index in [0.29, 0.717) is 24.9 Å². The molecule has 0 aliphatic rings. The number of hydrogen-bond donors (Lipinski definition) is 12. The van der Waals surface area contributed by atoms with E-state index in [1.807, 2.05) is 0 Å². The van der Waals surface area contributed by atoms with Gasteiger partial charge in [-0.2, -0.15) is 0 Å². The SMILES string of the molecule is CC(=O)NCSC[C@H](NC(=O)[C@H](CSSC[C@H](NC(=O)[C@H](CCCCN)NC(C)=O)C(N)=O)NC(=O)[C@H](CC(=O)O)NC(=O)[C@H](Cc1ccc(O)cc1)NC(C)=O)C(N)=O. The molecule has 60 heavy (non-hydrogen) atoms. The minimum atomic E-state index is -1.80. The number of hydrogen-bond acceptors (Lipinski definition) is 15. The summed E-state index contributed by atoms with van der Waals surface area (Å²) in [6.07, 6.45) is 0.246. The second-order valence-corrected chi connectivity index (χ2v) is 16.7. The second kappa shape index (κ2) is 28.2. The summed E-state index contributed by atoms with van der Waals surface area (Å²) in [5.74, 6) is -9.10. The Labute approximate surface area is 358 Å². The Balaban J connectivity index is 3.29. The van der Waals surface area contributed by atoms with Gasteiger partial charge in [0, 0.05) is 44.5 Å². The lowest BCUT2D eigenvalue weighted by atomic mass is 10.0. The molecule has 0 bridgehead atoms. The van der Waals surface area contributed by atoms with E-state index < -0.39 is 95.9 Å². The van der Waals surface area contributed by atoms with Gasteiger partial charge < -0.3 is 64.6 Å². The van der Waals surface area contributed by atoms with E-state index in [0.717, 1.165) is 40.3 Å². The highest BCUT2D eigenvalue weighted by Gasteiger charge is 2.33. The van der Waals surface area contributed by atoms with Crippen molar-refractivity contribution >= 4 is 92.5 Å². The average Bonchev–Trinajstić information content (AvgIpc) is 3.15. The predicted octanol–water partition coefficient (Wildman–Crippen LogP) is -3.33. The van der Waals surface area contributed by atoms with Gasteiger partial charge in [-0.15, -0.1) is 11.8 Å². The molecule has 0 saturated carbocycles. The number of carbonyl (C=O) groups is 10. The highest BCUT2D eigenvalue weighted by Crippen LogP contribution is 2.23. The van der Waals surface area contributed by atoms with E-state index in [1.165, 1.54) is 38.1 Å². The molecule has 1 aromatic rings. The van der Waals surface area contributed by atoms with E-state index in [-0.39, 0.29) is 47.6 Å². The first-order valence-electron chi connectivity index (χ1n) is 18.3. The molecule has 22 nitrogen and oxygen atoms in total. The van der Waals surface area contributed by atoms with Crippen molar-refractivity contribution in [2.75, 3.05) is 29.7 Å². The number of nitrogens with two attached hydrogens (primary N) is 3. The van der Waals surface area contributed by atoms with Crippen LogP contribution in [0.3, 0.4) is 0 Å². The molecule has 0 radical (unpaired) electrons. The number of carboxylic acids is 1. The molecular weight excluding hydrogens is 849 g/mol. The first-order valence-corrected chi connectivity index (χ1v) is 22.0. The lowest BCUT2D eigenvalue weighted by molar-refractivity contribution is -0.141. The standard InChI is InChI=1S/C35H54N10O12S3/c1-18(46)39-17-58-14-26(30(37)52)43-35(57)28(16-60-59-15-27(31(38)53)44-32(54)23(40-19(2)47)6-4-5-11-36)45-34(56)25(13-29(50)51)42-33(55)24(41-20(3)48)12-21-7-9-22(49)10-8-21/h7-10,23-28,49H,4-6,11-17,36H2,1-3H3,(H2,37,52)(H2,38,53)(H,39,46)(H,40,47)(H,41,48)(H,42,55)(H,43,57)(H,44,54)(H,45,56)(H,50,51)/t23-,24-,25-,26-,27-,28-/m0/s1. The van der Waals surface area contributed by atoms with Gasteiger partial charge >= 0.3 is 5.97 Å². The van der Waals surface area contributed by atoms with Crippen LogP contribution in [-0.2, 0) is 54.4 Å². The molecule has 0 unspecified atom stereocenters. The van der Waals surface area contributed by atoms with Crippen molar-refractivity contribution in [1.82, 2.24) is 37.2 Å². The van der Waals surface area contributed by atoms with Crippen LogP contribution in [0.5, 0.6) is 5.75 Å². The molecule has 9 amide bonds. The smallest absolute Gasteiger partial charge is 0.305 e. The summed E-state index contributed by atoms with van der Waals surface area (Å²) in [6, 6.07) is -2.50. The molecule has 0 aromatic heterocycles. The van der Waals surface area contributed by atoms with Gasteiger partial charge in [0.05, 0.1) is 12.3 Å². The minimum Gasteiger partial charge on any atom is -0.508 e. The van der Waals surface area contributed by atoms with E-state index >= 15 is 0 Å². The van der Waals surface area contributed by atoms with Crippen LogP contribution in [0.1, 0.15) is 52.0 Å². The van der Waals surface area contributed by atoms with Crippen molar-refractivity contribution in [3.05, 3.63) is 29.8 Å². The third kappa shape index (κ3) is 22.2. The molecule has 0 aliphatic heterocycles. The van der Waals surface area contributed by atoms with E-state index in [4.69, 9.17) is 17.2 Å². The highest BCUT2D eigenvalue weighted by atomic mass is 33.1. The Bertz CT molecular complexity index is 1670. The predicted molar refractivity (Wildman–Crippen MR) is 224 cm³/mol. The Morgan fingerprint density at radius 1 is 0.600 bits per heavy atom. The molecule has 1 aromatic carbocycles. The summed E-state index contributed by atoms with van der Waals surface area (Å²) in [5.41, 5.74) is 17.1. The first kappa shape index (κ1) is 52.7. The molecule has 15 N–H and O–H groups in total. The molecule has 0 saturated heterocycles. The van der Waals surface area contributed by atoms with Gasteiger partial charge in [-0.1, -0.05) is 33.7 Å². The van der Waals surface area contributed by atoms with Crippen molar-refractivity contribution in [2.24, 2.45) is 17.2 Å². The number of nitrogens with one attached hydrogen (secondary N) is 7. The van der Waals surface area contributed by atoms with Crippen LogP contribution in [0.15, 0.2) is 24.3 Å². The molecule has 1 rings (SSSR count). The number of aromatic hydroxyl groups is 1. The number of benzene rings is 1. The van der Waals surface area contributed by atoms with Crippen LogP contribution in [0, 0.1) is 0 Å². The van der Waals surface area contributed by atoms with E-state index in [2.05, 4.69) is 37.2 Å². The fourth-order valence-electron chi connectivity index (χ4n) is 4.94. The number of carboxylic acid groups (broad SMARTS) is 1. The lowest BCUT2D eigenvalue weighted by Gasteiger charge is -2.25. The molecular formula is C35H54N10O12S3. The van der Waals surface area contributed by atoms with Crippen LogP contribution < -0.4 is 54.4 Å². The van der Waals surface area contributed by atoms with E-state index in [9.17, 15) is 58.2 Å². The summed E-state index contributed by atoms with van der Waals surface area (Å²) in [4.78, 5) is 125. The maximum atomic E-state index is 13.7. The number of primary amides is 2. The van der Waals surface area contributed by atoms with Crippen molar-refractivity contribution in [2.45, 2.75) is 89.1 Å². The number of carbonyl (C=O) groups excluding carboxylic acids is 9. The van der Waals surface area contributed by atoms with Crippen LogP contribution in [-0.4, -0.2) is 135 Å². The maximum absolute atomic E-state index is 13.7. The zero-order valence-electron chi connectivity index (χ0n) is 33.3. The number of thioether (sulfide) groups is 1. The molecule has 0 fully saturated rings. The third-order valence-corrected chi connectivity index (χ3v) is 11.3. The molecule has 0 heterocycles. The van der Waals surface area contributed by atoms with Gasteiger partial charge in [-0.25, -0.2) is 0 Å². The Morgan fingerprint density at radius 2 is 1.07 bits per heavy atom. The zero-order chi connectivity index (χ0) is 45.4. The Kier molecular flexibility index (Phi) is 24.8. The van der Waals surface area contributed by atoms with Crippen LogP contribution in [0.25, 0.3) is 0 Å². The van der Waals surface area contributed by atoms with Gasteiger partial charge in [0.25, 0.3) is 0 Å². The van der Waals surface area contributed by atoms with Crippen molar-refractivity contribution in [1.29, 1.82) is 0 Å². The topological polar surface area (TPSA) is 373 Å². The van der Waals surface area contributed by atoms with Crippen molar-refractivity contribution in [3.8, 4) is 5.75 Å². The number of phenols is 1. The quantitative estimate of drug-likeness (QED) is 0.0212. The monoisotopic (exact) mass is 902 g/mol. The highest BCUT2D eigenvalue weighted by molar-refractivity contribution is 8.76. The van der Waals surface area contributed by atoms with Gasteiger partial charge in [0.15, 0.2) is 0 Å². The summed E-state index contributed by atoms with van der Waals surface area (Å²) in [6.45, 7) is 4.01. The average molecular weight is 903 g/mol. The molecule has 0 spiro atoms. The number of amides is 9. The lowest BCUT2D eigenvalue weighted by Crippen LogP contribution is -2.59. The molecule has 25 heteroatoms. The normalized spacial score (nSPS) is 13.7. The van der Waals surface area contributed by atoms with Gasteiger partial charge in [0.1, 0.15) is 42.0 Å².